The molecular formula is C24H23N5O4S. The Balaban J connectivity index is 1.05. The Morgan fingerprint density at radius 1 is 1.15 bits per heavy atom. The first-order chi connectivity index (χ1) is 16.6. The van der Waals surface area contributed by atoms with E-state index in [2.05, 4.69) is 15.6 Å². The number of amides is 2. The van der Waals surface area contributed by atoms with E-state index in [0.29, 0.717) is 31.8 Å². The summed E-state index contributed by atoms with van der Waals surface area (Å²) in [6.45, 7) is 2.53. The Hall–Kier alpha value is -3.37. The number of aromatic nitrogens is 2. The Bertz CT molecular complexity index is 1370. The lowest BCUT2D eigenvalue weighted by Crippen LogP contribution is -2.28. The standard InChI is InChI=1S/C24H23N5O4S/c30-21-13-34-20-3-1-15(9-19(20)27-21)28-12-16(33-24(28)32)5-7-25-10-14-11-29-22(31)4-2-18-23(29)17(14)6-8-26-18/h1-4,6,8-9,14,16,25H,5,7,10-13H2,(H,27,30)/t14-,16-/m0/s1. The number of rotatable bonds is 6. The Morgan fingerprint density at radius 2 is 2.06 bits per heavy atom. The average Bonchev–Trinajstić information content (AvgIpc) is 3.40. The molecule has 0 bridgehead atoms. The third-order valence-corrected chi connectivity index (χ3v) is 7.64. The first kappa shape index (κ1) is 21.2. The van der Waals surface area contributed by atoms with Crippen molar-refractivity contribution in [3.8, 4) is 0 Å². The van der Waals surface area contributed by atoms with Gasteiger partial charge in [0.15, 0.2) is 0 Å². The molecule has 0 saturated carbocycles. The zero-order valence-electron chi connectivity index (χ0n) is 18.3. The lowest BCUT2D eigenvalue weighted by Gasteiger charge is -2.20. The molecule has 10 heteroatoms. The van der Waals surface area contributed by atoms with Crippen molar-refractivity contribution >= 4 is 46.2 Å². The monoisotopic (exact) mass is 477 g/mol. The number of ether oxygens (including phenoxy) is 1. The molecule has 6 rings (SSSR count). The third kappa shape index (κ3) is 3.72. The van der Waals surface area contributed by atoms with Gasteiger partial charge in [-0.2, -0.15) is 0 Å². The number of hydrogen-bond donors (Lipinski definition) is 2. The van der Waals surface area contributed by atoms with Gasteiger partial charge in [0, 0.05) is 41.9 Å². The quantitative estimate of drug-likeness (QED) is 0.526. The molecule has 0 spiro atoms. The number of benzene rings is 1. The molecule has 3 aliphatic heterocycles. The van der Waals surface area contributed by atoms with Gasteiger partial charge < -0.3 is 19.9 Å². The molecule has 2 N–H and O–H groups in total. The lowest BCUT2D eigenvalue weighted by molar-refractivity contribution is -0.113. The fourth-order valence-electron chi connectivity index (χ4n) is 4.92. The second-order valence-electron chi connectivity index (χ2n) is 8.74. The van der Waals surface area contributed by atoms with Crippen LogP contribution in [0.2, 0.25) is 0 Å². The molecule has 3 aliphatic rings. The molecule has 9 nitrogen and oxygen atoms in total. The molecule has 1 aromatic carbocycles. The number of carbonyl (C=O) groups excluding carboxylic acids is 2. The van der Waals surface area contributed by atoms with E-state index in [0.717, 1.165) is 39.4 Å². The number of cyclic esters (lactones) is 1. The largest absolute Gasteiger partial charge is 0.444 e. The summed E-state index contributed by atoms with van der Waals surface area (Å²) < 4.78 is 7.39. The van der Waals surface area contributed by atoms with Crippen molar-refractivity contribution < 1.29 is 14.3 Å². The molecule has 34 heavy (non-hydrogen) atoms. The molecule has 1 saturated heterocycles. The van der Waals surface area contributed by atoms with Crippen molar-refractivity contribution in [2.75, 3.05) is 35.6 Å². The Labute approximate surface area is 199 Å². The van der Waals surface area contributed by atoms with Crippen LogP contribution in [0.15, 0.2) is 52.3 Å². The highest BCUT2D eigenvalue weighted by Crippen LogP contribution is 2.36. The summed E-state index contributed by atoms with van der Waals surface area (Å²) >= 11 is 1.49. The van der Waals surface area contributed by atoms with E-state index in [1.807, 2.05) is 24.3 Å². The molecule has 0 aliphatic carbocycles. The summed E-state index contributed by atoms with van der Waals surface area (Å²) in [4.78, 5) is 43.4. The zero-order valence-corrected chi connectivity index (χ0v) is 19.1. The Morgan fingerprint density at radius 3 is 2.97 bits per heavy atom. The maximum absolute atomic E-state index is 12.5. The van der Waals surface area contributed by atoms with Crippen LogP contribution < -0.4 is 21.1 Å². The van der Waals surface area contributed by atoms with Gasteiger partial charge in [0.25, 0.3) is 5.56 Å². The minimum absolute atomic E-state index is 0.00236. The van der Waals surface area contributed by atoms with E-state index in [9.17, 15) is 14.4 Å². The predicted molar refractivity (Wildman–Crippen MR) is 130 cm³/mol. The number of carbonyl (C=O) groups is 2. The Kier molecular flexibility index (Phi) is 5.26. The smallest absolute Gasteiger partial charge is 0.414 e. The molecule has 2 amide bonds. The lowest BCUT2D eigenvalue weighted by atomic mass is 10.0. The minimum Gasteiger partial charge on any atom is -0.444 e. The molecule has 2 aromatic heterocycles. The zero-order chi connectivity index (χ0) is 23.2. The van der Waals surface area contributed by atoms with Crippen LogP contribution in [-0.4, -0.2) is 53.0 Å². The van der Waals surface area contributed by atoms with Gasteiger partial charge in [-0.05, 0) is 48.9 Å². The SMILES string of the molecule is O=C1CSc2ccc(N3C[C@H](CCNC[C@H]4Cn5c(=O)ccc6nccc4c65)OC3=O)cc2N1. The van der Waals surface area contributed by atoms with Gasteiger partial charge in [0.05, 0.1) is 29.0 Å². The topological polar surface area (TPSA) is 106 Å². The summed E-state index contributed by atoms with van der Waals surface area (Å²) in [7, 11) is 0. The predicted octanol–water partition coefficient (Wildman–Crippen LogP) is 2.54. The van der Waals surface area contributed by atoms with Crippen molar-refractivity contribution in [2.45, 2.75) is 29.9 Å². The van der Waals surface area contributed by atoms with E-state index >= 15 is 0 Å². The fraction of sp³-hybridized carbons (Fsp3) is 0.333. The van der Waals surface area contributed by atoms with E-state index in [1.165, 1.54) is 11.8 Å². The van der Waals surface area contributed by atoms with Crippen LogP contribution in [0.25, 0.3) is 11.0 Å². The maximum atomic E-state index is 12.5. The van der Waals surface area contributed by atoms with Crippen LogP contribution in [0.3, 0.4) is 0 Å². The van der Waals surface area contributed by atoms with Gasteiger partial charge in [0.1, 0.15) is 6.10 Å². The number of anilines is 2. The second kappa shape index (κ2) is 8.44. The van der Waals surface area contributed by atoms with Crippen molar-refractivity contribution in [3.63, 3.8) is 0 Å². The maximum Gasteiger partial charge on any atom is 0.414 e. The van der Waals surface area contributed by atoms with Crippen molar-refractivity contribution in [1.29, 1.82) is 0 Å². The van der Waals surface area contributed by atoms with E-state index in [1.54, 1.807) is 27.8 Å². The van der Waals surface area contributed by atoms with Crippen LogP contribution in [0, 0.1) is 0 Å². The van der Waals surface area contributed by atoms with Gasteiger partial charge in [-0.25, -0.2) is 4.79 Å². The number of pyridine rings is 2. The first-order valence-corrected chi connectivity index (χ1v) is 12.3. The van der Waals surface area contributed by atoms with Crippen LogP contribution in [0.1, 0.15) is 17.9 Å². The first-order valence-electron chi connectivity index (χ1n) is 11.3. The van der Waals surface area contributed by atoms with Gasteiger partial charge in [0.2, 0.25) is 5.91 Å². The van der Waals surface area contributed by atoms with Crippen molar-refractivity contribution in [1.82, 2.24) is 14.9 Å². The van der Waals surface area contributed by atoms with E-state index in [4.69, 9.17) is 4.74 Å². The number of hydrogen-bond acceptors (Lipinski definition) is 7. The number of nitrogens with zero attached hydrogens (tertiary/aromatic N) is 3. The van der Waals surface area contributed by atoms with E-state index in [-0.39, 0.29) is 29.6 Å². The minimum atomic E-state index is -0.371. The summed E-state index contributed by atoms with van der Waals surface area (Å²) in [5, 5.41) is 6.33. The highest BCUT2D eigenvalue weighted by molar-refractivity contribution is 8.00. The normalized spacial score (nSPS) is 21.0. The summed E-state index contributed by atoms with van der Waals surface area (Å²) in [5.74, 6) is 0.570. The molecule has 3 aromatic rings. The molecule has 0 radical (unpaired) electrons. The summed E-state index contributed by atoms with van der Waals surface area (Å²) in [6, 6.07) is 11.0. The van der Waals surface area contributed by atoms with Crippen LogP contribution in [-0.2, 0) is 16.1 Å². The fourth-order valence-corrected chi connectivity index (χ4v) is 5.71. The average molecular weight is 478 g/mol. The van der Waals surface area contributed by atoms with Crippen molar-refractivity contribution in [2.24, 2.45) is 0 Å². The van der Waals surface area contributed by atoms with E-state index < -0.39 is 0 Å². The third-order valence-electron chi connectivity index (χ3n) is 6.56. The molecule has 1 fully saturated rings. The highest BCUT2D eigenvalue weighted by Gasteiger charge is 2.33. The number of thioether (sulfide) groups is 1. The van der Waals surface area contributed by atoms with Gasteiger partial charge in [-0.3, -0.25) is 19.5 Å². The summed E-state index contributed by atoms with van der Waals surface area (Å²) in [5.41, 5.74) is 4.38. The summed E-state index contributed by atoms with van der Waals surface area (Å²) in [6.07, 6.45) is 1.90. The molecule has 174 valence electrons. The van der Waals surface area contributed by atoms with Crippen molar-refractivity contribution in [3.05, 3.63) is 58.5 Å². The molecule has 2 atom stereocenters. The van der Waals surface area contributed by atoms with Crippen LogP contribution in [0.5, 0.6) is 0 Å². The molecule has 0 unspecified atom stereocenters. The van der Waals surface area contributed by atoms with Crippen LogP contribution >= 0.6 is 11.8 Å². The van der Waals surface area contributed by atoms with Gasteiger partial charge >= 0.3 is 6.09 Å². The highest BCUT2D eigenvalue weighted by atomic mass is 32.2. The van der Waals surface area contributed by atoms with Gasteiger partial charge in [-0.15, -0.1) is 11.8 Å². The second-order valence-corrected chi connectivity index (χ2v) is 9.76. The molecule has 5 heterocycles. The number of fused-ring (bicyclic) bond motifs is 1. The van der Waals surface area contributed by atoms with Crippen LogP contribution in [0.4, 0.5) is 16.2 Å². The van der Waals surface area contributed by atoms with Gasteiger partial charge in [-0.1, -0.05) is 0 Å². The molecular weight excluding hydrogens is 454 g/mol. The number of nitrogens with one attached hydrogen (secondary N) is 2.